The highest BCUT2D eigenvalue weighted by molar-refractivity contribution is 5.75. The Hall–Kier alpha value is -1.58. The van der Waals surface area contributed by atoms with E-state index in [2.05, 4.69) is 10.6 Å². The number of fused-ring (bicyclic) bond motifs is 1. The van der Waals surface area contributed by atoms with Crippen molar-refractivity contribution in [2.75, 3.05) is 0 Å². The molecule has 0 bridgehead atoms. The Kier molecular flexibility index (Phi) is 3.40. The van der Waals surface area contributed by atoms with Gasteiger partial charge in [0, 0.05) is 6.04 Å². The second-order valence-corrected chi connectivity index (χ2v) is 5.53. The summed E-state index contributed by atoms with van der Waals surface area (Å²) in [6, 6.07) is 5.00. The molecule has 1 unspecified atom stereocenters. The molecule has 19 heavy (non-hydrogen) atoms. The zero-order valence-electron chi connectivity index (χ0n) is 10.9. The number of nitrogens with one attached hydrogen (secondary N) is 2. The van der Waals surface area contributed by atoms with Crippen molar-refractivity contribution in [3.05, 3.63) is 35.1 Å². The molecule has 0 aliphatic heterocycles. The first-order valence-corrected chi connectivity index (χ1v) is 7.08. The van der Waals surface area contributed by atoms with Crippen molar-refractivity contribution in [2.45, 2.75) is 50.6 Å². The first-order valence-electron chi connectivity index (χ1n) is 7.08. The lowest BCUT2D eigenvalue weighted by atomic mass is 10.1. The van der Waals surface area contributed by atoms with Crippen LogP contribution in [-0.2, 0) is 6.42 Å². The minimum Gasteiger partial charge on any atom is -0.335 e. The fourth-order valence-corrected chi connectivity index (χ4v) is 3.18. The van der Waals surface area contributed by atoms with E-state index in [1.165, 1.54) is 18.9 Å². The standard InChI is InChI=1S/C15H19FN2O/c16-11-7-5-10-6-8-14(13(10)9-11)18-15(19)17-12-3-1-2-4-12/h5,7,9,12,14H,1-4,6,8H2,(H2,17,18,19). The lowest BCUT2D eigenvalue weighted by molar-refractivity contribution is 0.233. The molecule has 2 amide bonds. The predicted molar refractivity (Wildman–Crippen MR) is 71.4 cm³/mol. The molecule has 2 N–H and O–H groups in total. The van der Waals surface area contributed by atoms with Crippen LogP contribution in [0.15, 0.2) is 18.2 Å². The molecule has 1 aromatic rings. The van der Waals surface area contributed by atoms with E-state index in [0.717, 1.165) is 36.8 Å². The molecule has 1 saturated carbocycles. The SMILES string of the molecule is O=C(NC1CCCC1)NC1CCc2ccc(F)cc21. The maximum absolute atomic E-state index is 13.3. The maximum Gasteiger partial charge on any atom is 0.315 e. The summed E-state index contributed by atoms with van der Waals surface area (Å²) in [5, 5.41) is 5.98. The predicted octanol–water partition coefficient (Wildman–Crippen LogP) is 3.05. The zero-order valence-corrected chi connectivity index (χ0v) is 10.9. The molecule has 102 valence electrons. The smallest absolute Gasteiger partial charge is 0.315 e. The summed E-state index contributed by atoms with van der Waals surface area (Å²) in [4.78, 5) is 11.9. The molecule has 3 nitrogen and oxygen atoms in total. The Morgan fingerprint density at radius 2 is 1.95 bits per heavy atom. The van der Waals surface area contributed by atoms with E-state index in [-0.39, 0.29) is 17.9 Å². The second kappa shape index (κ2) is 5.19. The molecule has 3 rings (SSSR count). The fourth-order valence-electron chi connectivity index (χ4n) is 3.18. The molecule has 1 aromatic carbocycles. The number of hydrogen-bond acceptors (Lipinski definition) is 1. The highest BCUT2D eigenvalue weighted by atomic mass is 19.1. The third-order valence-corrected chi connectivity index (χ3v) is 4.18. The van der Waals surface area contributed by atoms with Crippen molar-refractivity contribution < 1.29 is 9.18 Å². The largest absolute Gasteiger partial charge is 0.335 e. The van der Waals surface area contributed by atoms with Gasteiger partial charge in [-0.3, -0.25) is 0 Å². The van der Waals surface area contributed by atoms with Crippen LogP contribution in [-0.4, -0.2) is 12.1 Å². The van der Waals surface area contributed by atoms with E-state index in [9.17, 15) is 9.18 Å². The van der Waals surface area contributed by atoms with Crippen LogP contribution in [0.5, 0.6) is 0 Å². The van der Waals surface area contributed by atoms with Gasteiger partial charge < -0.3 is 10.6 Å². The highest BCUT2D eigenvalue weighted by Crippen LogP contribution is 2.31. The van der Waals surface area contributed by atoms with E-state index in [4.69, 9.17) is 0 Å². The van der Waals surface area contributed by atoms with Crippen LogP contribution < -0.4 is 10.6 Å². The summed E-state index contributed by atoms with van der Waals surface area (Å²) in [6.07, 6.45) is 6.30. The summed E-state index contributed by atoms with van der Waals surface area (Å²) in [5.41, 5.74) is 2.08. The molecule has 0 saturated heterocycles. The Balaban J connectivity index is 1.62. The van der Waals surface area contributed by atoms with E-state index in [1.807, 2.05) is 6.07 Å². The second-order valence-electron chi connectivity index (χ2n) is 5.53. The van der Waals surface area contributed by atoms with Gasteiger partial charge >= 0.3 is 6.03 Å². The molecular weight excluding hydrogens is 243 g/mol. The summed E-state index contributed by atoms with van der Waals surface area (Å²) < 4.78 is 13.3. The molecule has 1 fully saturated rings. The molecule has 4 heteroatoms. The third kappa shape index (κ3) is 2.72. The Labute approximate surface area is 112 Å². The van der Waals surface area contributed by atoms with Gasteiger partial charge in [-0.15, -0.1) is 0 Å². The molecule has 2 aliphatic carbocycles. The molecular formula is C15H19FN2O. The van der Waals surface area contributed by atoms with Gasteiger partial charge in [-0.2, -0.15) is 0 Å². The van der Waals surface area contributed by atoms with Crippen LogP contribution in [0.25, 0.3) is 0 Å². The van der Waals surface area contributed by atoms with E-state index in [1.54, 1.807) is 6.07 Å². The van der Waals surface area contributed by atoms with Crippen molar-refractivity contribution in [3.63, 3.8) is 0 Å². The molecule has 2 aliphatic rings. The minimum atomic E-state index is -0.233. The Bertz CT molecular complexity index is 483. The maximum atomic E-state index is 13.3. The highest BCUT2D eigenvalue weighted by Gasteiger charge is 2.25. The number of halogens is 1. The van der Waals surface area contributed by atoms with Gasteiger partial charge in [-0.25, -0.2) is 9.18 Å². The monoisotopic (exact) mass is 262 g/mol. The number of carbonyl (C=O) groups is 1. The summed E-state index contributed by atoms with van der Waals surface area (Å²) in [7, 11) is 0. The van der Waals surface area contributed by atoms with Gasteiger partial charge in [0.25, 0.3) is 0 Å². The average Bonchev–Trinajstić information content (AvgIpc) is 3.00. The number of hydrogen-bond donors (Lipinski definition) is 2. The van der Waals surface area contributed by atoms with E-state index < -0.39 is 0 Å². The van der Waals surface area contributed by atoms with Crippen LogP contribution in [0.4, 0.5) is 9.18 Å². The number of aryl methyl sites for hydroxylation is 1. The number of carbonyl (C=O) groups excluding carboxylic acids is 1. The van der Waals surface area contributed by atoms with Crippen LogP contribution >= 0.6 is 0 Å². The first-order chi connectivity index (χ1) is 9.22. The van der Waals surface area contributed by atoms with Gasteiger partial charge in [0.05, 0.1) is 6.04 Å². The average molecular weight is 262 g/mol. The quantitative estimate of drug-likeness (QED) is 0.845. The fraction of sp³-hybridized carbons (Fsp3) is 0.533. The minimum absolute atomic E-state index is 0.0490. The first kappa shape index (κ1) is 12.5. The molecule has 1 atom stereocenters. The van der Waals surface area contributed by atoms with E-state index >= 15 is 0 Å². The Morgan fingerprint density at radius 1 is 1.16 bits per heavy atom. The topological polar surface area (TPSA) is 41.1 Å². The number of benzene rings is 1. The van der Waals surface area contributed by atoms with Gasteiger partial charge in [0.1, 0.15) is 5.82 Å². The Morgan fingerprint density at radius 3 is 2.74 bits per heavy atom. The van der Waals surface area contributed by atoms with Gasteiger partial charge in [-0.05, 0) is 48.9 Å². The lowest BCUT2D eigenvalue weighted by Crippen LogP contribution is -2.42. The number of urea groups is 1. The summed E-state index contributed by atoms with van der Waals surface area (Å²) >= 11 is 0. The number of amides is 2. The van der Waals surface area contributed by atoms with Gasteiger partial charge in [-0.1, -0.05) is 18.9 Å². The van der Waals surface area contributed by atoms with Gasteiger partial charge in [0.15, 0.2) is 0 Å². The van der Waals surface area contributed by atoms with Crippen LogP contribution in [0.1, 0.15) is 49.3 Å². The van der Waals surface area contributed by atoms with Crippen molar-refractivity contribution in [1.29, 1.82) is 0 Å². The van der Waals surface area contributed by atoms with Crippen molar-refractivity contribution in [2.24, 2.45) is 0 Å². The van der Waals surface area contributed by atoms with Crippen molar-refractivity contribution in [1.82, 2.24) is 10.6 Å². The molecule has 0 heterocycles. The normalized spacial score (nSPS) is 22.3. The van der Waals surface area contributed by atoms with Crippen LogP contribution in [0.2, 0.25) is 0 Å². The van der Waals surface area contributed by atoms with Crippen molar-refractivity contribution >= 4 is 6.03 Å². The van der Waals surface area contributed by atoms with E-state index in [0.29, 0.717) is 6.04 Å². The zero-order chi connectivity index (χ0) is 13.2. The summed E-state index contributed by atoms with van der Waals surface area (Å²) in [6.45, 7) is 0. The van der Waals surface area contributed by atoms with Crippen molar-refractivity contribution in [3.8, 4) is 0 Å². The third-order valence-electron chi connectivity index (χ3n) is 4.18. The summed E-state index contributed by atoms with van der Waals surface area (Å²) in [5.74, 6) is -0.233. The molecule has 0 radical (unpaired) electrons. The number of rotatable bonds is 2. The van der Waals surface area contributed by atoms with Crippen LogP contribution in [0, 0.1) is 5.82 Å². The molecule has 0 aromatic heterocycles. The van der Waals surface area contributed by atoms with Gasteiger partial charge in [0.2, 0.25) is 0 Å². The molecule has 0 spiro atoms. The van der Waals surface area contributed by atoms with Crippen LogP contribution in [0.3, 0.4) is 0 Å². The lowest BCUT2D eigenvalue weighted by Gasteiger charge is -2.17.